The Balaban J connectivity index is 0.00000264. The highest BCUT2D eigenvalue weighted by atomic mass is 35.5. The van der Waals surface area contributed by atoms with Crippen LogP contribution >= 0.6 is 12.4 Å². The molecule has 1 aromatic rings. The molecule has 1 aliphatic rings. The standard InChI is InChI=1S/C15H21N3O4.ClH/c1-9(19)17-10-3-5-13(21-2)12(7-10)18-15(20)14-6-4-11(8-16)22-14;/h3,5,7,11,14H,4,6,8,16H2,1-2H3,(H,17,19)(H,18,20);1H/t11-,14+;/m1./s1. The summed E-state index contributed by atoms with van der Waals surface area (Å²) in [5.41, 5.74) is 6.61. The molecule has 0 radical (unpaired) electrons. The lowest BCUT2D eigenvalue weighted by molar-refractivity contribution is -0.126. The Morgan fingerprint density at radius 2 is 2.09 bits per heavy atom. The fourth-order valence-electron chi connectivity index (χ4n) is 2.37. The average Bonchev–Trinajstić information content (AvgIpc) is 2.96. The fourth-order valence-corrected chi connectivity index (χ4v) is 2.37. The van der Waals surface area contributed by atoms with Crippen LogP contribution in [0.15, 0.2) is 18.2 Å². The smallest absolute Gasteiger partial charge is 0.253 e. The maximum atomic E-state index is 12.3. The Morgan fingerprint density at radius 1 is 1.35 bits per heavy atom. The molecule has 1 fully saturated rings. The van der Waals surface area contributed by atoms with Gasteiger partial charge in [0.25, 0.3) is 5.91 Å². The second-order valence-electron chi connectivity index (χ2n) is 5.15. The Morgan fingerprint density at radius 3 is 2.65 bits per heavy atom. The molecule has 0 bridgehead atoms. The van der Waals surface area contributed by atoms with Crippen molar-refractivity contribution < 1.29 is 19.1 Å². The maximum absolute atomic E-state index is 12.3. The summed E-state index contributed by atoms with van der Waals surface area (Å²) >= 11 is 0. The van der Waals surface area contributed by atoms with Crippen LogP contribution in [0.5, 0.6) is 5.75 Å². The third-order valence-electron chi connectivity index (χ3n) is 3.44. The molecule has 2 atom stereocenters. The molecule has 1 heterocycles. The van der Waals surface area contributed by atoms with Crippen molar-refractivity contribution in [3.8, 4) is 5.75 Å². The second kappa shape index (κ2) is 8.71. The van der Waals surface area contributed by atoms with Crippen LogP contribution in [0.1, 0.15) is 19.8 Å². The normalized spacial score (nSPS) is 19.6. The first-order valence-corrected chi connectivity index (χ1v) is 7.15. The maximum Gasteiger partial charge on any atom is 0.253 e. The van der Waals surface area contributed by atoms with Crippen LogP contribution in [0.4, 0.5) is 11.4 Å². The van der Waals surface area contributed by atoms with Crippen molar-refractivity contribution in [1.82, 2.24) is 0 Å². The van der Waals surface area contributed by atoms with Gasteiger partial charge in [0.05, 0.1) is 18.9 Å². The Kier molecular flexibility index (Phi) is 7.28. The highest BCUT2D eigenvalue weighted by Crippen LogP contribution is 2.29. The zero-order valence-electron chi connectivity index (χ0n) is 13.1. The molecule has 2 rings (SSSR count). The first-order valence-electron chi connectivity index (χ1n) is 7.15. The van der Waals surface area contributed by atoms with Crippen LogP contribution in [0.3, 0.4) is 0 Å². The van der Waals surface area contributed by atoms with Crippen molar-refractivity contribution in [2.45, 2.75) is 32.0 Å². The van der Waals surface area contributed by atoms with E-state index >= 15 is 0 Å². The molecular formula is C15H22ClN3O4. The van der Waals surface area contributed by atoms with Crippen LogP contribution in [0.25, 0.3) is 0 Å². The van der Waals surface area contributed by atoms with Crippen molar-refractivity contribution in [3.63, 3.8) is 0 Å². The zero-order valence-corrected chi connectivity index (χ0v) is 13.9. The van der Waals surface area contributed by atoms with Gasteiger partial charge in [-0.2, -0.15) is 0 Å². The number of ether oxygens (including phenoxy) is 2. The number of methoxy groups -OCH3 is 1. The van der Waals surface area contributed by atoms with Gasteiger partial charge in [0.15, 0.2) is 0 Å². The molecule has 2 amide bonds. The number of nitrogens with two attached hydrogens (primary N) is 1. The molecule has 7 nitrogen and oxygen atoms in total. The summed E-state index contributed by atoms with van der Waals surface area (Å²) in [5, 5.41) is 5.44. The van der Waals surface area contributed by atoms with E-state index in [1.54, 1.807) is 18.2 Å². The van der Waals surface area contributed by atoms with Gasteiger partial charge in [-0.3, -0.25) is 9.59 Å². The van der Waals surface area contributed by atoms with Gasteiger partial charge < -0.3 is 25.8 Å². The first-order chi connectivity index (χ1) is 10.5. The van der Waals surface area contributed by atoms with E-state index in [9.17, 15) is 9.59 Å². The van der Waals surface area contributed by atoms with E-state index in [1.165, 1.54) is 14.0 Å². The summed E-state index contributed by atoms with van der Waals surface area (Å²) in [5.74, 6) is 0.0809. The van der Waals surface area contributed by atoms with E-state index in [-0.39, 0.29) is 30.3 Å². The minimum Gasteiger partial charge on any atom is -0.495 e. The lowest BCUT2D eigenvalue weighted by Gasteiger charge is -2.15. The summed E-state index contributed by atoms with van der Waals surface area (Å²) in [6, 6.07) is 5.03. The van der Waals surface area contributed by atoms with Gasteiger partial charge in [0.2, 0.25) is 5.91 Å². The quantitative estimate of drug-likeness (QED) is 0.752. The number of anilines is 2. The number of hydrogen-bond donors (Lipinski definition) is 3. The zero-order chi connectivity index (χ0) is 16.1. The molecular weight excluding hydrogens is 322 g/mol. The topological polar surface area (TPSA) is 103 Å². The summed E-state index contributed by atoms with van der Waals surface area (Å²) in [7, 11) is 1.51. The molecule has 0 unspecified atom stereocenters. The van der Waals surface area contributed by atoms with Gasteiger partial charge in [-0.25, -0.2) is 0 Å². The van der Waals surface area contributed by atoms with Crippen molar-refractivity contribution in [3.05, 3.63) is 18.2 Å². The molecule has 0 spiro atoms. The second-order valence-corrected chi connectivity index (χ2v) is 5.15. The van der Waals surface area contributed by atoms with Crippen LogP contribution in [-0.2, 0) is 14.3 Å². The largest absolute Gasteiger partial charge is 0.495 e. The van der Waals surface area contributed by atoms with Crippen LogP contribution < -0.4 is 21.1 Å². The number of rotatable bonds is 5. The SMILES string of the molecule is COc1ccc(NC(C)=O)cc1NC(=O)[C@@H]1CC[C@H](CN)O1.Cl. The van der Waals surface area contributed by atoms with Crippen LogP contribution in [0, 0.1) is 0 Å². The van der Waals surface area contributed by atoms with Crippen molar-refractivity contribution in [2.75, 3.05) is 24.3 Å². The minimum atomic E-state index is -0.511. The van der Waals surface area contributed by atoms with Crippen molar-refractivity contribution in [2.24, 2.45) is 5.73 Å². The van der Waals surface area contributed by atoms with Gasteiger partial charge in [-0.15, -0.1) is 12.4 Å². The van der Waals surface area contributed by atoms with Gasteiger partial charge >= 0.3 is 0 Å². The molecule has 0 saturated carbocycles. The Bertz CT molecular complexity index is 568. The molecule has 0 aromatic heterocycles. The predicted molar refractivity (Wildman–Crippen MR) is 90.1 cm³/mol. The number of carbonyl (C=O) groups is 2. The third-order valence-corrected chi connectivity index (χ3v) is 3.44. The molecule has 8 heteroatoms. The lowest BCUT2D eigenvalue weighted by atomic mass is 10.2. The van der Waals surface area contributed by atoms with E-state index in [0.717, 1.165) is 6.42 Å². The van der Waals surface area contributed by atoms with Gasteiger partial charge in [0, 0.05) is 19.2 Å². The number of hydrogen-bond acceptors (Lipinski definition) is 5. The lowest BCUT2D eigenvalue weighted by Crippen LogP contribution is -2.30. The minimum absolute atomic E-state index is 0. The molecule has 1 aromatic carbocycles. The molecule has 1 saturated heterocycles. The molecule has 0 aliphatic carbocycles. The number of nitrogens with one attached hydrogen (secondary N) is 2. The number of carbonyl (C=O) groups excluding carboxylic acids is 2. The Labute approximate surface area is 141 Å². The number of benzene rings is 1. The van der Waals surface area contributed by atoms with Crippen LogP contribution in [-0.4, -0.2) is 37.7 Å². The first kappa shape index (κ1) is 19.2. The molecule has 23 heavy (non-hydrogen) atoms. The van der Waals surface area contributed by atoms with Gasteiger partial charge in [-0.1, -0.05) is 0 Å². The van der Waals surface area contributed by atoms with E-state index in [2.05, 4.69) is 10.6 Å². The van der Waals surface area contributed by atoms with Gasteiger partial charge in [0.1, 0.15) is 11.9 Å². The predicted octanol–water partition coefficient (Wildman–Crippen LogP) is 1.52. The van der Waals surface area contributed by atoms with Crippen molar-refractivity contribution >= 4 is 35.6 Å². The van der Waals surface area contributed by atoms with Crippen LogP contribution in [0.2, 0.25) is 0 Å². The summed E-state index contributed by atoms with van der Waals surface area (Å²) < 4.78 is 10.8. The fraction of sp³-hybridized carbons (Fsp3) is 0.467. The summed E-state index contributed by atoms with van der Waals surface area (Å²) in [4.78, 5) is 23.4. The monoisotopic (exact) mass is 343 g/mol. The van der Waals surface area contributed by atoms with E-state index in [4.69, 9.17) is 15.2 Å². The number of halogens is 1. The molecule has 4 N–H and O–H groups in total. The van der Waals surface area contributed by atoms with E-state index in [0.29, 0.717) is 30.1 Å². The summed E-state index contributed by atoms with van der Waals surface area (Å²) in [6.45, 7) is 1.83. The molecule has 1 aliphatic heterocycles. The third kappa shape index (κ3) is 5.09. The molecule has 128 valence electrons. The highest BCUT2D eigenvalue weighted by Gasteiger charge is 2.30. The number of amides is 2. The van der Waals surface area contributed by atoms with Gasteiger partial charge in [-0.05, 0) is 31.0 Å². The summed E-state index contributed by atoms with van der Waals surface area (Å²) in [6.07, 6.45) is 0.838. The highest BCUT2D eigenvalue weighted by molar-refractivity contribution is 5.97. The van der Waals surface area contributed by atoms with Crippen molar-refractivity contribution in [1.29, 1.82) is 0 Å². The van der Waals surface area contributed by atoms with E-state index in [1.807, 2.05) is 0 Å². The average molecular weight is 344 g/mol. The Hall–Kier alpha value is -1.83. The van der Waals surface area contributed by atoms with E-state index < -0.39 is 6.10 Å².